The van der Waals surface area contributed by atoms with Gasteiger partial charge < -0.3 is 10.5 Å². The van der Waals surface area contributed by atoms with E-state index in [4.69, 9.17) is 10.5 Å². The van der Waals surface area contributed by atoms with Crippen molar-refractivity contribution in [2.24, 2.45) is 11.7 Å². The lowest BCUT2D eigenvalue weighted by Crippen LogP contribution is -2.53. The summed E-state index contributed by atoms with van der Waals surface area (Å²) in [5.74, 6) is 0.534. The molecule has 3 unspecified atom stereocenters. The number of ether oxygens (including phenoxy) is 1. The van der Waals surface area contributed by atoms with Crippen molar-refractivity contribution in [2.45, 2.75) is 38.8 Å². The highest BCUT2D eigenvalue weighted by Gasteiger charge is 2.32. The number of hydrogen-bond donors (Lipinski definition) is 1. The maximum atomic E-state index is 11.5. The van der Waals surface area contributed by atoms with E-state index < -0.39 is 0 Å². The molecule has 0 aliphatic carbocycles. The van der Waals surface area contributed by atoms with Crippen molar-refractivity contribution < 1.29 is 9.53 Å². The van der Waals surface area contributed by atoms with Crippen LogP contribution in [0.15, 0.2) is 0 Å². The summed E-state index contributed by atoms with van der Waals surface area (Å²) in [6, 6.07) is 0.152. The van der Waals surface area contributed by atoms with Gasteiger partial charge in [-0.2, -0.15) is 0 Å². The fourth-order valence-corrected chi connectivity index (χ4v) is 2.39. The lowest BCUT2D eigenvalue weighted by molar-refractivity contribution is -0.148. The quantitative estimate of drug-likeness (QED) is 0.699. The Bertz CT molecular complexity index is 221. The molecule has 3 atom stereocenters. The Morgan fingerprint density at radius 3 is 2.73 bits per heavy atom. The van der Waals surface area contributed by atoms with Crippen molar-refractivity contribution in [3.63, 3.8) is 0 Å². The predicted octanol–water partition coefficient (Wildman–Crippen LogP) is 0.607. The fourth-order valence-electron chi connectivity index (χ4n) is 2.39. The van der Waals surface area contributed by atoms with E-state index in [1.165, 1.54) is 7.11 Å². The SMILES string of the molecule is COC(=O)C(CN)N1CCC(C)CC1C. The summed E-state index contributed by atoms with van der Waals surface area (Å²) in [5.41, 5.74) is 5.63. The first kappa shape index (κ1) is 12.5. The number of piperidine rings is 1. The van der Waals surface area contributed by atoms with Gasteiger partial charge in [0.25, 0.3) is 0 Å². The van der Waals surface area contributed by atoms with E-state index in [1.54, 1.807) is 0 Å². The van der Waals surface area contributed by atoms with Gasteiger partial charge in [0.05, 0.1) is 7.11 Å². The van der Waals surface area contributed by atoms with Gasteiger partial charge in [-0.15, -0.1) is 0 Å². The maximum absolute atomic E-state index is 11.5. The second-order valence-corrected chi connectivity index (χ2v) is 4.49. The topological polar surface area (TPSA) is 55.6 Å². The van der Waals surface area contributed by atoms with Crippen molar-refractivity contribution in [3.05, 3.63) is 0 Å². The highest BCUT2D eigenvalue weighted by atomic mass is 16.5. The zero-order chi connectivity index (χ0) is 11.4. The van der Waals surface area contributed by atoms with Gasteiger partial charge in [0.1, 0.15) is 6.04 Å². The van der Waals surface area contributed by atoms with Gasteiger partial charge in [0, 0.05) is 12.6 Å². The molecule has 0 aromatic rings. The smallest absolute Gasteiger partial charge is 0.324 e. The Labute approximate surface area is 91.8 Å². The third-order valence-electron chi connectivity index (χ3n) is 3.29. The van der Waals surface area contributed by atoms with Crippen molar-refractivity contribution in [3.8, 4) is 0 Å². The van der Waals surface area contributed by atoms with E-state index in [1.807, 2.05) is 0 Å². The fraction of sp³-hybridized carbons (Fsp3) is 0.909. The molecule has 4 heteroatoms. The van der Waals surface area contributed by atoms with E-state index in [2.05, 4.69) is 18.7 Å². The van der Waals surface area contributed by atoms with Gasteiger partial charge in [-0.05, 0) is 32.2 Å². The minimum Gasteiger partial charge on any atom is -0.468 e. The van der Waals surface area contributed by atoms with Gasteiger partial charge in [0.15, 0.2) is 0 Å². The van der Waals surface area contributed by atoms with Crippen LogP contribution in [0.5, 0.6) is 0 Å². The van der Waals surface area contributed by atoms with E-state index in [-0.39, 0.29) is 12.0 Å². The van der Waals surface area contributed by atoms with Crippen molar-refractivity contribution >= 4 is 5.97 Å². The van der Waals surface area contributed by atoms with Gasteiger partial charge in [-0.3, -0.25) is 9.69 Å². The van der Waals surface area contributed by atoms with Gasteiger partial charge in [-0.25, -0.2) is 0 Å². The summed E-state index contributed by atoms with van der Waals surface area (Å²) >= 11 is 0. The molecule has 0 spiro atoms. The zero-order valence-corrected chi connectivity index (χ0v) is 9.90. The molecule has 0 aromatic carbocycles. The van der Waals surface area contributed by atoms with Crippen molar-refractivity contribution in [1.82, 2.24) is 4.90 Å². The summed E-state index contributed by atoms with van der Waals surface area (Å²) < 4.78 is 4.77. The van der Waals surface area contributed by atoms with E-state index >= 15 is 0 Å². The number of carbonyl (C=O) groups is 1. The number of esters is 1. The molecule has 1 rings (SSSR count). The first-order valence-electron chi connectivity index (χ1n) is 5.63. The van der Waals surface area contributed by atoms with Crippen LogP contribution in [0.4, 0.5) is 0 Å². The van der Waals surface area contributed by atoms with Gasteiger partial charge >= 0.3 is 5.97 Å². The second kappa shape index (κ2) is 5.47. The molecule has 1 heterocycles. The summed E-state index contributed by atoms with van der Waals surface area (Å²) in [7, 11) is 1.42. The molecule has 0 amide bonds. The lowest BCUT2D eigenvalue weighted by Gasteiger charge is -2.40. The predicted molar refractivity (Wildman–Crippen MR) is 59.4 cm³/mol. The number of carbonyl (C=O) groups excluding carboxylic acids is 1. The molecule has 15 heavy (non-hydrogen) atoms. The third kappa shape index (κ3) is 2.92. The molecular formula is C11H22N2O2. The monoisotopic (exact) mass is 214 g/mol. The minimum absolute atomic E-state index is 0.209. The Hall–Kier alpha value is -0.610. The Kier molecular flexibility index (Phi) is 4.54. The van der Waals surface area contributed by atoms with Crippen LogP contribution in [0.1, 0.15) is 26.7 Å². The van der Waals surface area contributed by atoms with E-state index in [9.17, 15) is 4.79 Å². The normalized spacial score (nSPS) is 29.9. The molecule has 2 N–H and O–H groups in total. The largest absolute Gasteiger partial charge is 0.468 e. The average Bonchev–Trinajstić information content (AvgIpc) is 2.21. The van der Waals surface area contributed by atoms with Crippen molar-refractivity contribution in [1.29, 1.82) is 0 Å². The van der Waals surface area contributed by atoms with E-state index in [0.29, 0.717) is 12.6 Å². The molecule has 4 nitrogen and oxygen atoms in total. The zero-order valence-electron chi connectivity index (χ0n) is 9.90. The minimum atomic E-state index is -0.266. The van der Waals surface area contributed by atoms with Crippen LogP contribution in [0.3, 0.4) is 0 Å². The summed E-state index contributed by atoms with van der Waals surface area (Å²) in [5, 5.41) is 0. The molecule has 1 fully saturated rings. The second-order valence-electron chi connectivity index (χ2n) is 4.49. The Morgan fingerprint density at radius 1 is 1.60 bits per heavy atom. The van der Waals surface area contributed by atoms with Crippen LogP contribution < -0.4 is 5.73 Å². The summed E-state index contributed by atoms with van der Waals surface area (Å²) in [6.45, 7) is 5.69. The van der Waals surface area contributed by atoms with Crippen LogP contribution in [0.25, 0.3) is 0 Å². The summed E-state index contributed by atoms with van der Waals surface area (Å²) in [6.07, 6.45) is 2.27. The third-order valence-corrected chi connectivity index (χ3v) is 3.29. The van der Waals surface area contributed by atoms with Crippen LogP contribution in [0, 0.1) is 5.92 Å². The van der Waals surface area contributed by atoms with Gasteiger partial charge in [-0.1, -0.05) is 6.92 Å². The molecular weight excluding hydrogens is 192 g/mol. The number of hydrogen-bond acceptors (Lipinski definition) is 4. The van der Waals surface area contributed by atoms with E-state index in [0.717, 1.165) is 25.3 Å². The van der Waals surface area contributed by atoms with Gasteiger partial charge in [0.2, 0.25) is 0 Å². The average molecular weight is 214 g/mol. The number of rotatable bonds is 3. The number of nitrogens with zero attached hydrogens (tertiary/aromatic N) is 1. The Balaban J connectivity index is 2.63. The highest BCUT2D eigenvalue weighted by Crippen LogP contribution is 2.24. The summed E-state index contributed by atoms with van der Waals surface area (Å²) in [4.78, 5) is 13.7. The Morgan fingerprint density at radius 2 is 2.27 bits per heavy atom. The highest BCUT2D eigenvalue weighted by molar-refractivity contribution is 5.76. The number of nitrogens with two attached hydrogens (primary N) is 1. The van der Waals surface area contributed by atoms with Crippen LogP contribution >= 0.6 is 0 Å². The molecule has 1 aliphatic rings. The van der Waals surface area contributed by atoms with Crippen LogP contribution in [-0.4, -0.2) is 43.2 Å². The molecule has 88 valence electrons. The molecule has 0 saturated carbocycles. The molecule has 0 aromatic heterocycles. The first-order valence-corrected chi connectivity index (χ1v) is 5.63. The molecule has 0 radical (unpaired) electrons. The molecule has 1 aliphatic heterocycles. The first-order chi connectivity index (χ1) is 7.10. The standard InChI is InChI=1S/C11H22N2O2/c1-8-4-5-13(9(2)6-8)10(7-12)11(14)15-3/h8-10H,4-7,12H2,1-3H3. The number of methoxy groups -OCH3 is 1. The van der Waals surface area contributed by atoms with Crippen LogP contribution in [-0.2, 0) is 9.53 Å². The molecule has 0 bridgehead atoms. The lowest BCUT2D eigenvalue weighted by atomic mass is 9.92. The van der Waals surface area contributed by atoms with Crippen molar-refractivity contribution in [2.75, 3.05) is 20.2 Å². The molecule has 1 saturated heterocycles. The number of likely N-dealkylation sites (tertiary alicyclic amines) is 1. The maximum Gasteiger partial charge on any atom is 0.324 e. The van der Waals surface area contributed by atoms with Crippen LogP contribution in [0.2, 0.25) is 0 Å².